The normalized spacial score (nSPS) is 10.5. The lowest BCUT2D eigenvalue weighted by molar-refractivity contribution is 0.459. The summed E-state index contributed by atoms with van der Waals surface area (Å²) in [5, 5.41) is 13.9. The number of fused-ring (bicyclic) bond motifs is 1. The number of rotatable bonds is 2. The molecule has 0 amide bonds. The van der Waals surface area contributed by atoms with Crippen LogP contribution in [0.15, 0.2) is 47.0 Å². The van der Waals surface area contributed by atoms with E-state index in [0.29, 0.717) is 23.4 Å². The number of hydrogen-bond acceptors (Lipinski definition) is 4. The van der Waals surface area contributed by atoms with Gasteiger partial charge in [-0.3, -0.25) is 0 Å². The van der Waals surface area contributed by atoms with Gasteiger partial charge in [-0.15, -0.1) is 0 Å². The standard InChI is InChI=1S/C15H11N3O/c16-9-8-10-4-3-6-12(17)14(10)15-11-5-1-2-7-13(11)19-18-15/h1-7H,8,17H2. The van der Waals surface area contributed by atoms with Crippen LogP contribution in [-0.2, 0) is 6.42 Å². The Morgan fingerprint density at radius 3 is 2.84 bits per heavy atom. The summed E-state index contributed by atoms with van der Waals surface area (Å²) in [7, 11) is 0. The van der Waals surface area contributed by atoms with Crippen LogP contribution in [0.5, 0.6) is 0 Å². The zero-order valence-corrected chi connectivity index (χ0v) is 10.1. The van der Waals surface area contributed by atoms with E-state index in [1.807, 2.05) is 36.4 Å². The molecule has 0 unspecified atom stereocenters. The minimum atomic E-state index is 0.293. The topological polar surface area (TPSA) is 75.8 Å². The van der Waals surface area contributed by atoms with Gasteiger partial charge in [0.2, 0.25) is 0 Å². The van der Waals surface area contributed by atoms with Crippen LogP contribution in [0.3, 0.4) is 0 Å². The molecule has 0 radical (unpaired) electrons. The molecule has 0 aliphatic rings. The van der Waals surface area contributed by atoms with E-state index in [0.717, 1.165) is 16.5 Å². The first-order chi connectivity index (χ1) is 9.31. The molecule has 2 N–H and O–H groups in total. The summed E-state index contributed by atoms with van der Waals surface area (Å²) >= 11 is 0. The molecule has 0 atom stereocenters. The van der Waals surface area contributed by atoms with Gasteiger partial charge in [0.25, 0.3) is 0 Å². The highest BCUT2D eigenvalue weighted by molar-refractivity contribution is 5.95. The van der Waals surface area contributed by atoms with E-state index in [-0.39, 0.29) is 0 Å². The van der Waals surface area contributed by atoms with Crippen molar-refractivity contribution in [3.8, 4) is 17.3 Å². The molecule has 2 aromatic carbocycles. The molecule has 0 fully saturated rings. The van der Waals surface area contributed by atoms with Crippen molar-refractivity contribution in [2.24, 2.45) is 0 Å². The minimum Gasteiger partial charge on any atom is -0.398 e. The van der Waals surface area contributed by atoms with Gasteiger partial charge in [-0.25, -0.2) is 0 Å². The molecule has 0 spiro atoms. The number of para-hydroxylation sites is 1. The van der Waals surface area contributed by atoms with Crippen LogP contribution >= 0.6 is 0 Å². The average Bonchev–Trinajstić information content (AvgIpc) is 2.83. The lowest BCUT2D eigenvalue weighted by Gasteiger charge is -2.07. The van der Waals surface area contributed by atoms with Crippen molar-refractivity contribution in [1.82, 2.24) is 5.16 Å². The van der Waals surface area contributed by atoms with Crippen LogP contribution in [0, 0.1) is 11.3 Å². The Morgan fingerprint density at radius 1 is 1.16 bits per heavy atom. The molecule has 4 heteroatoms. The van der Waals surface area contributed by atoms with E-state index in [4.69, 9.17) is 15.5 Å². The number of benzene rings is 2. The van der Waals surface area contributed by atoms with Gasteiger partial charge in [-0.2, -0.15) is 5.26 Å². The van der Waals surface area contributed by atoms with Crippen molar-refractivity contribution in [1.29, 1.82) is 5.26 Å². The highest BCUT2D eigenvalue weighted by atomic mass is 16.5. The lowest BCUT2D eigenvalue weighted by Crippen LogP contribution is -1.96. The van der Waals surface area contributed by atoms with E-state index < -0.39 is 0 Å². The zero-order chi connectivity index (χ0) is 13.2. The second-order valence-corrected chi connectivity index (χ2v) is 4.24. The van der Waals surface area contributed by atoms with Crippen LogP contribution in [0.25, 0.3) is 22.2 Å². The molecule has 19 heavy (non-hydrogen) atoms. The molecule has 1 heterocycles. The van der Waals surface area contributed by atoms with E-state index in [1.165, 1.54) is 0 Å². The van der Waals surface area contributed by atoms with Crippen LogP contribution < -0.4 is 5.73 Å². The van der Waals surface area contributed by atoms with Gasteiger partial charge in [-0.1, -0.05) is 29.4 Å². The Hall–Kier alpha value is -2.80. The SMILES string of the molecule is N#CCc1cccc(N)c1-c1noc2ccccc12. The van der Waals surface area contributed by atoms with Crippen molar-refractivity contribution in [3.05, 3.63) is 48.0 Å². The number of hydrogen-bond donors (Lipinski definition) is 1. The predicted octanol–water partition coefficient (Wildman–Crippen LogP) is 3.14. The lowest BCUT2D eigenvalue weighted by atomic mass is 9.98. The first-order valence-electron chi connectivity index (χ1n) is 5.90. The Morgan fingerprint density at radius 2 is 2.00 bits per heavy atom. The fourth-order valence-corrected chi connectivity index (χ4v) is 2.21. The maximum Gasteiger partial charge on any atom is 0.167 e. The molecule has 3 rings (SSSR count). The van der Waals surface area contributed by atoms with E-state index >= 15 is 0 Å². The quantitative estimate of drug-likeness (QED) is 0.708. The average molecular weight is 249 g/mol. The Labute approximate surface area is 110 Å². The number of nitrogens with zero attached hydrogens (tertiary/aromatic N) is 2. The second kappa shape index (κ2) is 4.46. The molecule has 0 aliphatic carbocycles. The van der Waals surface area contributed by atoms with E-state index in [2.05, 4.69) is 11.2 Å². The van der Waals surface area contributed by atoms with Crippen molar-refractivity contribution in [2.75, 3.05) is 5.73 Å². The molecule has 0 saturated heterocycles. The minimum absolute atomic E-state index is 0.293. The molecule has 0 saturated carbocycles. The third-order valence-corrected chi connectivity index (χ3v) is 3.07. The van der Waals surface area contributed by atoms with Crippen molar-refractivity contribution in [3.63, 3.8) is 0 Å². The van der Waals surface area contributed by atoms with Gasteiger partial charge in [-0.05, 0) is 23.8 Å². The van der Waals surface area contributed by atoms with Gasteiger partial charge in [0.15, 0.2) is 5.58 Å². The Kier molecular flexibility index (Phi) is 2.66. The number of anilines is 1. The number of aromatic nitrogens is 1. The highest BCUT2D eigenvalue weighted by Gasteiger charge is 2.16. The van der Waals surface area contributed by atoms with Crippen LogP contribution in [0.4, 0.5) is 5.69 Å². The summed E-state index contributed by atoms with van der Waals surface area (Å²) < 4.78 is 5.30. The third-order valence-electron chi connectivity index (χ3n) is 3.07. The summed E-state index contributed by atoms with van der Waals surface area (Å²) in [5.41, 5.74) is 9.70. The summed E-state index contributed by atoms with van der Waals surface area (Å²) in [6.07, 6.45) is 0.293. The van der Waals surface area contributed by atoms with E-state index in [9.17, 15) is 0 Å². The molecule has 4 nitrogen and oxygen atoms in total. The van der Waals surface area contributed by atoms with Crippen LogP contribution in [0.1, 0.15) is 5.56 Å². The summed E-state index contributed by atoms with van der Waals surface area (Å²) in [5.74, 6) is 0. The zero-order valence-electron chi connectivity index (χ0n) is 10.1. The van der Waals surface area contributed by atoms with Gasteiger partial charge in [0.1, 0.15) is 5.69 Å². The number of nitrogens with two attached hydrogens (primary N) is 1. The van der Waals surface area contributed by atoms with Crippen molar-refractivity contribution < 1.29 is 4.52 Å². The number of nitriles is 1. The summed E-state index contributed by atoms with van der Waals surface area (Å²) in [4.78, 5) is 0. The summed E-state index contributed by atoms with van der Waals surface area (Å²) in [6, 6.07) is 15.3. The molecular weight excluding hydrogens is 238 g/mol. The van der Waals surface area contributed by atoms with Gasteiger partial charge >= 0.3 is 0 Å². The molecular formula is C15H11N3O. The third kappa shape index (κ3) is 1.81. The van der Waals surface area contributed by atoms with Crippen molar-refractivity contribution in [2.45, 2.75) is 6.42 Å². The fourth-order valence-electron chi connectivity index (χ4n) is 2.21. The molecule has 0 aliphatic heterocycles. The maximum atomic E-state index is 8.91. The second-order valence-electron chi connectivity index (χ2n) is 4.24. The molecule has 92 valence electrons. The Balaban J connectivity index is 2.30. The maximum absolute atomic E-state index is 8.91. The summed E-state index contributed by atoms with van der Waals surface area (Å²) in [6.45, 7) is 0. The number of nitrogen functional groups attached to an aromatic ring is 1. The Bertz CT molecular complexity index is 783. The molecule has 3 aromatic rings. The fraction of sp³-hybridized carbons (Fsp3) is 0.0667. The largest absolute Gasteiger partial charge is 0.398 e. The van der Waals surface area contributed by atoms with Crippen LogP contribution in [0.2, 0.25) is 0 Å². The monoisotopic (exact) mass is 249 g/mol. The first-order valence-corrected chi connectivity index (χ1v) is 5.90. The van der Waals surface area contributed by atoms with Gasteiger partial charge in [0.05, 0.1) is 12.5 Å². The van der Waals surface area contributed by atoms with Gasteiger partial charge in [0, 0.05) is 16.6 Å². The van der Waals surface area contributed by atoms with Gasteiger partial charge < -0.3 is 10.3 Å². The van der Waals surface area contributed by atoms with Crippen LogP contribution in [-0.4, -0.2) is 5.16 Å². The highest BCUT2D eigenvalue weighted by Crippen LogP contribution is 2.34. The predicted molar refractivity (Wildman–Crippen MR) is 73.2 cm³/mol. The van der Waals surface area contributed by atoms with Crippen molar-refractivity contribution >= 4 is 16.7 Å². The molecule has 0 bridgehead atoms. The van der Waals surface area contributed by atoms with E-state index in [1.54, 1.807) is 6.07 Å². The smallest absolute Gasteiger partial charge is 0.167 e. The molecule has 1 aromatic heterocycles. The first kappa shape index (κ1) is 11.3.